The summed E-state index contributed by atoms with van der Waals surface area (Å²) < 4.78 is 10.7. The van der Waals surface area contributed by atoms with Crippen LogP contribution >= 0.6 is 0 Å². The highest BCUT2D eigenvalue weighted by molar-refractivity contribution is 6.08. The van der Waals surface area contributed by atoms with Crippen LogP contribution in [0.5, 0.6) is 11.5 Å². The van der Waals surface area contributed by atoms with Gasteiger partial charge in [0.05, 0.1) is 0 Å². The zero-order valence-electron chi connectivity index (χ0n) is 16.6. The molecule has 0 saturated carbocycles. The largest absolute Gasteiger partial charge is 0.454 e. The molecule has 8 nitrogen and oxygen atoms in total. The molecule has 1 atom stereocenters. The third-order valence-electron chi connectivity index (χ3n) is 4.97. The maximum Gasteiger partial charge on any atom is 0.325 e. The molecule has 2 heterocycles. The predicted octanol–water partition coefficient (Wildman–Crippen LogP) is 1.92. The summed E-state index contributed by atoms with van der Waals surface area (Å²) in [5.74, 6) is 0.686. The Kier molecular flexibility index (Phi) is 5.76. The fraction of sp³-hybridized carbons (Fsp3) is 0.550. The normalized spacial score (nSPS) is 20.5. The van der Waals surface area contributed by atoms with Crippen molar-refractivity contribution in [2.75, 3.05) is 26.4 Å². The molecule has 0 radical (unpaired) electrons. The van der Waals surface area contributed by atoms with Crippen molar-refractivity contribution in [2.45, 2.75) is 45.6 Å². The minimum atomic E-state index is -1.11. The maximum atomic E-state index is 13.0. The summed E-state index contributed by atoms with van der Waals surface area (Å²) in [5.41, 5.74) is -0.266. The summed E-state index contributed by atoms with van der Waals surface area (Å²) in [6, 6.07) is 4.91. The second kappa shape index (κ2) is 8.08. The van der Waals surface area contributed by atoms with E-state index in [1.807, 2.05) is 26.0 Å². The van der Waals surface area contributed by atoms with Crippen molar-refractivity contribution in [1.29, 1.82) is 0 Å². The van der Waals surface area contributed by atoms with Gasteiger partial charge in [-0.15, -0.1) is 0 Å². The minimum Gasteiger partial charge on any atom is -0.454 e. The zero-order valence-corrected chi connectivity index (χ0v) is 16.6. The zero-order chi connectivity index (χ0) is 20.3. The van der Waals surface area contributed by atoms with Gasteiger partial charge in [0.25, 0.3) is 5.91 Å². The van der Waals surface area contributed by atoms with E-state index in [4.69, 9.17) is 9.47 Å². The molecule has 3 rings (SSSR count). The van der Waals surface area contributed by atoms with E-state index in [1.54, 1.807) is 17.9 Å². The van der Waals surface area contributed by atoms with Crippen molar-refractivity contribution < 1.29 is 23.9 Å². The topological polar surface area (TPSA) is 88.2 Å². The first-order valence-corrected chi connectivity index (χ1v) is 9.68. The summed E-state index contributed by atoms with van der Waals surface area (Å²) >= 11 is 0. The average Bonchev–Trinajstić information content (AvgIpc) is 3.19. The molecule has 28 heavy (non-hydrogen) atoms. The molecule has 1 aromatic carbocycles. The number of carbonyl (C=O) groups is 3. The van der Waals surface area contributed by atoms with Crippen molar-refractivity contribution in [3.05, 3.63) is 23.8 Å². The lowest BCUT2D eigenvalue weighted by atomic mass is 9.92. The van der Waals surface area contributed by atoms with E-state index in [0.29, 0.717) is 31.0 Å². The van der Waals surface area contributed by atoms with Crippen molar-refractivity contribution >= 4 is 17.8 Å². The van der Waals surface area contributed by atoms with Gasteiger partial charge in [-0.1, -0.05) is 19.9 Å². The van der Waals surface area contributed by atoms with Crippen LogP contribution in [0.3, 0.4) is 0 Å². The van der Waals surface area contributed by atoms with Gasteiger partial charge in [-0.25, -0.2) is 4.79 Å². The molecule has 1 fully saturated rings. The van der Waals surface area contributed by atoms with Crippen LogP contribution < -0.4 is 14.8 Å². The van der Waals surface area contributed by atoms with Crippen LogP contribution in [0.15, 0.2) is 18.2 Å². The lowest BCUT2D eigenvalue weighted by Gasteiger charge is -2.25. The Morgan fingerprint density at radius 2 is 1.86 bits per heavy atom. The molecule has 0 aliphatic carbocycles. The van der Waals surface area contributed by atoms with Crippen LogP contribution in [0.2, 0.25) is 0 Å². The van der Waals surface area contributed by atoms with Crippen LogP contribution in [-0.2, 0) is 16.0 Å². The molecule has 0 unspecified atom stereocenters. The fourth-order valence-electron chi connectivity index (χ4n) is 3.61. The molecule has 1 N–H and O–H groups in total. The minimum absolute atomic E-state index is 0.174. The first-order chi connectivity index (χ1) is 13.4. The second-order valence-electron chi connectivity index (χ2n) is 7.40. The molecule has 152 valence electrons. The number of hydrogen-bond acceptors (Lipinski definition) is 5. The number of rotatable bonds is 8. The SMILES string of the molecule is CCCN(CCC)C(=O)CN1C(=O)N[C@@](C)(Cc2ccc3c(c2)OCO3)C1=O. The number of benzene rings is 1. The lowest BCUT2D eigenvalue weighted by Crippen LogP contribution is -2.47. The van der Waals surface area contributed by atoms with E-state index in [9.17, 15) is 14.4 Å². The van der Waals surface area contributed by atoms with Gasteiger partial charge in [0.1, 0.15) is 12.1 Å². The van der Waals surface area contributed by atoms with Crippen molar-refractivity contribution in [3.63, 3.8) is 0 Å². The van der Waals surface area contributed by atoms with Crippen LogP contribution in [0, 0.1) is 0 Å². The molecule has 0 spiro atoms. The average molecular weight is 389 g/mol. The Bertz CT molecular complexity index is 775. The molecule has 4 amide bonds. The Morgan fingerprint density at radius 1 is 1.18 bits per heavy atom. The van der Waals surface area contributed by atoms with Crippen LogP contribution in [0.4, 0.5) is 4.79 Å². The number of imide groups is 1. The van der Waals surface area contributed by atoms with Gasteiger partial charge >= 0.3 is 6.03 Å². The number of hydrogen-bond donors (Lipinski definition) is 1. The smallest absolute Gasteiger partial charge is 0.325 e. The van der Waals surface area contributed by atoms with Gasteiger partial charge in [0.15, 0.2) is 11.5 Å². The van der Waals surface area contributed by atoms with Gasteiger partial charge in [-0.2, -0.15) is 0 Å². The van der Waals surface area contributed by atoms with Gasteiger partial charge in [0, 0.05) is 19.5 Å². The van der Waals surface area contributed by atoms with E-state index in [1.165, 1.54) is 0 Å². The number of fused-ring (bicyclic) bond motifs is 1. The number of nitrogens with one attached hydrogen (secondary N) is 1. The van der Waals surface area contributed by atoms with Gasteiger partial charge in [-0.05, 0) is 37.5 Å². The van der Waals surface area contributed by atoms with Gasteiger partial charge < -0.3 is 19.7 Å². The summed E-state index contributed by atoms with van der Waals surface area (Å²) in [5, 5.41) is 2.75. The molecule has 2 aliphatic rings. The number of amides is 4. The summed E-state index contributed by atoms with van der Waals surface area (Å²) in [6.07, 6.45) is 1.95. The molecule has 0 aromatic heterocycles. The summed E-state index contributed by atoms with van der Waals surface area (Å²) in [6.45, 7) is 6.83. The predicted molar refractivity (Wildman–Crippen MR) is 102 cm³/mol. The highest BCUT2D eigenvalue weighted by atomic mass is 16.7. The number of urea groups is 1. The van der Waals surface area contributed by atoms with E-state index >= 15 is 0 Å². The molecule has 1 saturated heterocycles. The maximum absolute atomic E-state index is 13.0. The molecule has 0 bridgehead atoms. The molecular weight excluding hydrogens is 362 g/mol. The quantitative estimate of drug-likeness (QED) is 0.686. The lowest BCUT2D eigenvalue weighted by molar-refractivity contribution is -0.138. The van der Waals surface area contributed by atoms with Gasteiger partial charge in [0.2, 0.25) is 12.7 Å². The Morgan fingerprint density at radius 3 is 2.54 bits per heavy atom. The van der Waals surface area contributed by atoms with Gasteiger partial charge in [-0.3, -0.25) is 14.5 Å². The van der Waals surface area contributed by atoms with Crippen LogP contribution in [0.25, 0.3) is 0 Å². The monoisotopic (exact) mass is 389 g/mol. The Balaban J connectivity index is 1.70. The first-order valence-electron chi connectivity index (χ1n) is 9.68. The highest BCUT2D eigenvalue weighted by Gasteiger charge is 2.48. The number of carbonyl (C=O) groups excluding carboxylic acids is 3. The number of nitrogens with zero attached hydrogens (tertiary/aromatic N) is 2. The standard InChI is InChI=1S/C20H27N3O5/c1-4-8-22(9-5-2)17(24)12-23-18(25)20(3,21-19(23)26)11-14-6-7-15-16(10-14)28-13-27-15/h6-7,10H,4-5,8-9,11-13H2,1-3H3,(H,21,26)/t20-/m0/s1. The number of ether oxygens (including phenoxy) is 2. The molecule has 8 heteroatoms. The van der Waals surface area contributed by atoms with Crippen LogP contribution in [0.1, 0.15) is 39.2 Å². The van der Waals surface area contributed by atoms with E-state index in [2.05, 4.69) is 5.32 Å². The Labute approximate surface area is 164 Å². The summed E-state index contributed by atoms with van der Waals surface area (Å²) in [4.78, 5) is 40.7. The first kappa shape index (κ1) is 20.0. The van der Waals surface area contributed by atoms with Crippen molar-refractivity contribution in [3.8, 4) is 11.5 Å². The fourth-order valence-corrected chi connectivity index (χ4v) is 3.61. The third kappa shape index (κ3) is 3.90. The highest BCUT2D eigenvalue weighted by Crippen LogP contribution is 2.34. The second-order valence-corrected chi connectivity index (χ2v) is 7.40. The van der Waals surface area contributed by atoms with E-state index in [-0.39, 0.29) is 19.2 Å². The van der Waals surface area contributed by atoms with Crippen LogP contribution in [-0.4, -0.2) is 59.6 Å². The van der Waals surface area contributed by atoms with Crippen molar-refractivity contribution in [1.82, 2.24) is 15.1 Å². The van der Waals surface area contributed by atoms with E-state index < -0.39 is 17.5 Å². The van der Waals surface area contributed by atoms with Crippen molar-refractivity contribution in [2.24, 2.45) is 0 Å². The molecular formula is C20H27N3O5. The summed E-state index contributed by atoms with van der Waals surface area (Å²) in [7, 11) is 0. The third-order valence-corrected chi connectivity index (χ3v) is 4.97. The molecule has 1 aromatic rings. The Hall–Kier alpha value is -2.77. The van der Waals surface area contributed by atoms with E-state index in [0.717, 1.165) is 23.3 Å². The molecule has 2 aliphatic heterocycles.